The number of aromatic nitrogens is 4. The number of nitrogens with zero attached hydrogens (tertiary/aromatic N) is 6. The molecule has 6 rings (SSSR count). The Labute approximate surface area is 565 Å². The molecule has 0 atom stereocenters. The summed E-state index contributed by atoms with van der Waals surface area (Å²) in [7, 11) is 0. The standard InChI is InChI=1S/C83H126N6O4/c1(12-22-36-54-86-58-40-30-41-59-86)5-16-26-48-66-90-80-70-78(71-81(74-80)91-67-49-27-17-6-2-13-23-37-55-87-60-42-31-43-61-87)76-84-52-34-20-10-9-11-21-35-53-85-77-79-72-82(92-68-50-28-18-7-3-14-24-38-56-88-62-44-32-45-63-88)75-83(73-79)93-69-51-29-19-8-4-15-25-39-57-89-64-46-33-47-65-89/h30-33,40-47,58-65,70-77H,1-29,34-39,48-57,66-69H2/q+4. The van der Waals surface area contributed by atoms with Gasteiger partial charge in [0.2, 0.25) is 0 Å². The van der Waals surface area contributed by atoms with Gasteiger partial charge < -0.3 is 18.9 Å². The lowest BCUT2D eigenvalue weighted by atomic mass is 10.1. The van der Waals surface area contributed by atoms with Crippen molar-refractivity contribution in [1.29, 1.82) is 0 Å². The number of unbranched alkanes of at least 4 members (excludes halogenated alkanes) is 34. The van der Waals surface area contributed by atoms with E-state index in [9.17, 15) is 0 Å². The molecule has 10 heteroatoms. The van der Waals surface area contributed by atoms with Crippen molar-refractivity contribution in [2.24, 2.45) is 9.98 Å². The van der Waals surface area contributed by atoms with Gasteiger partial charge >= 0.3 is 0 Å². The van der Waals surface area contributed by atoms with E-state index in [2.05, 4.69) is 177 Å². The van der Waals surface area contributed by atoms with Crippen LogP contribution in [0.1, 0.15) is 262 Å². The first-order chi connectivity index (χ1) is 46.2. The molecule has 0 unspecified atom stereocenters. The highest BCUT2D eigenvalue weighted by molar-refractivity contribution is 5.81. The van der Waals surface area contributed by atoms with Crippen LogP contribution in [0.25, 0.3) is 0 Å². The van der Waals surface area contributed by atoms with Crippen LogP contribution in [0.4, 0.5) is 0 Å². The van der Waals surface area contributed by atoms with Crippen molar-refractivity contribution in [3.63, 3.8) is 0 Å². The van der Waals surface area contributed by atoms with Crippen LogP contribution in [0.2, 0.25) is 0 Å². The molecule has 0 aliphatic rings. The van der Waals surface area contributed by atoms with Gasteiger partial charge in [0.1, 0.15) is 49.2 Å². The van der Waals surface area contributed by atoms with E-state index in [1.165, 1.54) is 212 Å². The first kappa shape index (κ1) is 75.6. The molecule has 0 aliphatic carbocycles. The SMILES string of the molecule is C(=NCCCCCCCCCN=Cc1cc(OCCCCCCCCCC[n+]2ccccc2)cc(OCCCCCCCCCC[n+]2ccccc2)c1)c1cc(OCCCCCCCCCC[n+]2ccccc2)cc(OCCCCCCCCCC[n+]2ccccc2)c1. The Hall–Kier alpha value is -6.42. The fourth-order valence-electron chi connectivity index (χ4n) is 12.2. The van der Waals surface area contributed by atoms with Crippen LogP contribution in [-0.4, -0.2) is 51.9 Å². The van der Waals surface area contributed by atoms with E-state index >= 15 is 0 Å². The van der Waals surface area contributed by atoms with E-state index in [0.29, 0.717) is 0 Å². The number of aryl methyl sites for hydroxylation is 4. The summed E-state index contributed by atoms with van der Waals surface area (Å²) in [5.41, 5.74) is 2.13. The minimum absolute atomic E-state index is 0.739. The molecule has 6 aromatic rings. The van der Waals surface area contributed by atoms with Crippen molar-refractivity contribution in [2.75, 3.05) is 39.5 Å². The van der Waals surface area contributed by atoms with Crippen molar-refractivity contribution in [2.45, 2.75) is 277 Å². The van der Waals surface area contributed by atoms with Crippen LogP contribution in [0.3, 0.4) is 0 Å². The highest BCUT2D eigenvalue weighted by atomic mass is 16.5. The fourth-order valence-corrected chi connectivity index (χ4v) is 12.2. The average molecular weight is 1270 g/mol. The van der Waals surface area contributed by atoms with E-state index in [1.54, 1.807) is 0 Å². The smallest absolute Gasteiger partial charge is 0.168 e. The van der Waals surface area contributed by atoms with Gasteiger partial charge in [-0.1, -0.05) is 185 Å². The summed E-state index contributed by atoms with van der Waals surface area (Å²) in [5.74, 6) is 3.58. The molecule has 4 aromatic heterocycles. The first-order valence-corrected chi connectivity index (χ1v) is 37.8. The summed E-state index contributed by atoms with van der Waals surface area (Å²) in [6.07, 6.45) is 70.2. The van der Waals surface area contributed by atoms with Crippen LogP contribution in [0.15, 0.2) is 169 Å². The molecule has 93 heavy (non-hydrogen) atoms. The first-order valence-electron chi connectivity index (χ1n) is 37.8. The molecule has 0 saturated heterocycles. The van der Waals surface area contributed by atoms with Crippen LogP contribution in [0.5, 0.6) is 23.0 Å². The number of benzene rings is 2. The molecule has 0 aliphatic heterocycles. The van der Waals surface area contributed by atoms with E-state index < -0.39 is 0 Å². The monoisotopic (exact) mass is 1270 g/mol. The van der Waals surface area contributed by atoms with Crippen molar-refractivity contribution in [3.05, 3.63) is 170 Å². The van der Waals surface area contributed by atoms with Crippen LogP contribution in [-0.2, 0) is 26.2 Å². The lowest BCUT2D eigenvalue weighted by molar-refractivity contribution is -0.697. The molecule has 4 heterocycles. The molecule has 0 N–H and O–H groups in total. The van der Waals surface area contributed by atoms with Gasteiger partial charge in [0.25, 0.3) is 0 Å². The maximum absolute atomic E-state index is 6.37. The van der Waals surface area contributed by atoms with Crippen molar-refractivity contribution >= 4 is 12.4 Å². The third-order valence-corrected chi connectivity index (χ3v) is 17.8. The van der Waals surface area contributed by atoms with Gasteiger partial charge in [0, 0.05) is 112 Å². The van der Waals surface area contributed by atoms with E-state index in [0.717, 1.165) is 138 Å². The van der Waals surface area contributed by atoms with Gasteiger partial charge in [-0.3, -0.25) is 9.98 Å². The highest BCUT2D eigenvalue weighted by Crippen LogP contribution is 2.26. The number of hydrogen-bond acceptors (Lipinski definition) is 6. The molecule has 0 saturated carbocycles. The van der Waals surface area contributed by atoms with Crippen molar-refractivity contribution in [1.82, 2.24) is 0 Å². The molecule has 0 bridgehead atoms. The normalized spacial score (nSPS) is 11.5. The third-order valence-electron chi connectivity index (χ3n) is 17.8. The topological polar surface area (TPSA) is 77.2 Å². The molecular weight excluding hydrogens is 1140 g/mol. The van der Waals surface area contributed by atoms with Crippen LogP contribution in [0, 0.1) is 0 Å². The van der Waals surface area contributed by atoms with E-state index in [1.807, 2.05) is 12.4 Å². The quantitative estimate of drug-likeness (QED) is 0.0217. The van der Waals surface area contributed by atoms with Gasteiger partial charge in [0.15, 0.2) is 49.6 Å². The molecule has 2 aromatic carbocycles. The van der Waals surface area contributed by atoms with Gasteiger partial charge in [-0.2, -0.15) is 0 Å². The zero-order valence-electron chi connectivity index (χ0n) is 58.1. The van der Waals surface area contributed by atoms with Crippen LogP contribution < -0.4 is 37.2 Å². The van der Waals surface area contributed by atoms with Crippen molar-refractivity contribution in [3.8, 4) is 23.0 Å². The maximum Gasteiger partial charge on any atom is 0.168 e. The number of aliphatic imine (C=N–C) groups is 2. The average Bonchev–Trinajstić information content (AvgIpc) is 3.62. The number of ether oxygens (including phenoxy) is 4. The minimum atomic E-state index is 0.739. The predicted octanol–water partition coefficient (Wildman–Crippen LogP) is 19.9. The highest BCUT2D eigenvalue weighted by Gasteiger charge is 2.08. The predicted molar refractivity (Wildman–Crippen MR) is 386 cm³/mol. The van der Waals surface area contributed by atoms with E-state index in [-0.39, 0.29) is 0 Å². The number of hydrogen-bond donors (Lipinski definition) is 0. The second-order valence-electron chi connectivity index (χ2n) is 26.2. The lowest BCUT2D eigenvalue weighted by Crippen LogP contribution is -2.32. The number of rotatable bonds is 60. The van der Waals surface area contributed by atoms with Gasteiger partial charge in [-0.05, 0) is 99.6 Å². The maximum atomic E-state index is 6.37. The minimum Gasteiger partial charge on any atom is -0.493 e. The zero-order valence-corrected chi connectivity index (χ0v) is 58.1. The lowest BCUT2D eigenvalue weighted by Gasteiger charge is -2.11. The van der Waals surface area contributed by atoms with E-state index in [4.69, 9.17) is 28.9 Å². The molecule has 0 radical (unpaired) electrons. The van der Waals surface area contributed by atoms with Gasteiger partial charge in [-0.25, -0.2) is 18.3 Å². The Kier molecular flexibility index (Phi) is 43.8. The summed E-state index contributed by atoms with van der Waals surface area (Å²) >= 11 is 0. The molecule has 508 valence electrons. The Morgan fingerprint density at radius 3 is 0.634 bits per heavy atom. The zero-order chi connectivity index (χ0) is 64.5. The van der Waals surface area contributed by atoms with Gasteiger partial charge in [-0.15, -0.1) is 0 Å². The second kappa shape index (κ2) is 53.9. The molecule has 0 spiro atoms. The molecule has 10 nitrogen and oxygen atoms in total. The Balaban J connectivity index is 0.829. The molecule has 0 fully saturated rings. The summed E-state index contributed by atoms with van der Waals surface area (Å²) in [5, 5.41) is 0. The second-order valence-corrected chi connectivity index (χ2v) is 26.2. The summed E-state index contributed by atoms with van der Waals surface area (Å²) in [4.78, 5) is 9.78. The Morgan fingerprint density at radius 1 is 0.215 bits per heavy atom. The largest absolute Gasteiger partial charge is 0.493 e. The summed E-state index contributed by atoms with van der Waals surface area (Å²) in [6, 6.07) is 38.0. The summed E-state index contributed by atoms with van der Waals surface area (Å²) in [6.45, 7) is 9.13. The third kappa shape index (κ3) is 40.4. The molecular formula is C83H126N6O4+4. The molecule has 0 amide bonds. The summed E-state index contributed by atoms with van der Waals surface area (Å²) < 4.78 is 34.6. The Bertz CT molecular complexity index is 2380. The number of pyridine rings is 4. The Morgan fingerprint density at radius 2 is 0.409 bits per heavy atom. The fraction of sp³-hybridized carbons (Fsp3) is 0.590. The van der Waals surface area contributed by atoms with Crippen molar-refractivity contribution < 1.29 is 37.2 Å². The van der Waals surface area contributed by atoms with Gasteiger partial charge in [0.05, 0.1) is 26.4 Å². The van der Waals surface area contributed by atoms with Crippen LogP contribution >= 0.6 is 0 Å².